The molecule has 2 atom stereocenters. The Labute approximate surface area is 144 Å². The first-order valence-electron chi connectivity index (χ1n) is 8.48. The summed E-state index contributed by atoms with van der Waals surface area (Å²) in [7, 11) is 0. The van der Waals surface area contributed by atoms with Crippen molar-refractivity contribution in [2.45, 2.75) is 70.9 Å². The molecule has 0 aromatic heterocycles. The molecule has 1 amide bonds. The van der Waals surface area contributed by atoms with E-state index in [1.54, 1.807) is 0 Å². The molecule has 134 valence electrons. The molecule has 0 bridgehead atoms. The molecule has 5 heteroatoms. The van der Waals surface area contributed by atoms with E-state index in [1.807, 2.05) is 65.0 Å². The highest BCUT2D eigenvalue weighted by Crippen LogP contribution is 2.31. The van der Waals surface area contributed by atoms with E-state index >= 15 is 0 Å². The Morgan fingerprint density at radius 3 is 2.58 bits per heavy atom. The van der Waals surface area contributed by atoms with Gasteiger partial charge in [0.25, 0.3) is 0 Å². The highest BCUT2D eigenvalue weighted by atomic mass is 16.6. The molecule has 1 fully saturated rings. The summed E-state index contributed by atoms with van der Waals surface area (Å²) in [4.78, 5) is 14.1. The van der Waals surface area contributed by atoms with Crippen molar-refractivity contribution >= 4 is 6.09 Å². The second kappa shape index (κ2) is 7.11. The maximum atomic E-state index is 12.6. The van der Waals surface area contributed by atoms with Crippen LogP contribution in [0.5, 0.6) is 0 Å². The quantitative estimate of drug-likeness (QED) is 0.917. The molecule has 1 heterocycles. The van der Waals surface area contributed by atoms with Gasteiger partial charge in [-0.25, -0.2) is 4.79 Å². The van der Waals surface area contributed by atoms with E-state index in [0.29, 0.717) is 13.0 Å². The summed E-state index contributed by atoms with van der Waals surface area (Å²) in [6.07, 6.45) is 0.197. The van der Waals surface area contributed by atoms with Gasteiger partial charge in [0.2, 0.25) is 0 Å². The Morgan fingerprint density at radius 1 is 1.38 bits per heavy atom. The number of aliphatic hydroxyl groups is 1. The first-order chi connectivity index (χ1) is 11.1. The number of hydrogen-bond donors (Lipinski definition) is 1. The van der Waals surface area contributed by atoms with Gasteiger partial charge in [-0.05, 0) is 53.0 Å². The summed E-state index contributed by atoms with van der Waals surface area (Å²) in [6, 6.07) is 9.60. The molecule has 0 saturated carbocycles. The van der Waals surface area contributed by atoms with E-state index in [1.165, 1.54) is 10.5 Å². The van der Waals surface area contributed by atoms with Crippen LogP contribution >= 0.6 is 0 Å². The van der Waals surface area contributed by atoms with E-state index < -0.39 is 29.6 Å². The molecule has 0 spiro atoms. The Kier molecular flexibility index (Phi) is 5.56. The van der Waals surface area contributed by atoms with Crippen LogP contribution in [0.15, 0.2) is 30.3 Å². The molecule has 0 unspecified atom stereocenters. The summed E-state index contributed by atoms with van der Waals surface area (Å²) in [5.74, 6) is 0. The van der Waals surface area contributed by atoms with Crippen molar-refractivity contribution < 1.29 is 19.4 Å². The van der Waals surface area contributed by atoms with Crippen molar-refractivity contribution in [3.8, 4) is 0 Å². The van der Waals surface area contributed by atoms with E-state index in [9.17, 15) is 9.90 Å². The maximum absolute atomic E-state index is 12.6. The lowest BCUT2D eigenvalue weighted by atomic mass is 10.0. The maximum Gasteiger partial charge on any atom is 0.412 e. The lowest BCUT2D eigenvalue weighted by Crippen LogP contribution is -2.53. The Hall–Kier alpha value is -1.59. The van der Waals surface area contributed by atoms with Crippen LogP contribution in [0.4, 0.5) is 4.79 Å². The van der Waals surface area contributed by atoms with Crippen LogP contribution < -0.4 is 0 Å². The minimum Gasteiger partial charge on any atom is -0.444 e. The summed E-state index contributed by atoms with van der Waals surface area (Å²) in [5.41, 5.74) is -0.214. The standard InChI is InChI=1S/C19H29NO4/c1-18(2,3)24-17(22)20-15(13-23-19(20,4)5)16(21)12-11-14-9-7-6-8-10-14/h6-10,15-16,21H,11-13H2,1-5H3/t15-,16+/m0/s1. The number of aryl methyl sites for hydroxylation is 1. The van der Waals surface area contributed by atoms with Gasteiger partial charge in [-0.15, -0.1) is 0 Å². The minimum atomic E-state index is -0.791. The average molecular weight is 335 g/mol. The first kappa shape index (κ1) is 18.7. The van der Waals surface area contributed by atoms with Crippen LogP contribution in [0.2, 0.25) is 0 Å². The van der Waals surface area contributed by atoms with Crippen LogP contribution in [0.25, 0.3) is 0 Å². The minimum absolute atomic E-state index is 0.308. The molecule has 24 heavy (non-hydrogen) atoms. The summed E-state index contributed by atoms with van der Waals surface area (Å²) < 4.78 is 11.2. The molecule has 0 radical (unpaired) electrons. The lowest BCUT2D eigenvalue weighted by molar-refractivity contribution is -0.0680. The number of hydrogen-bond acceptors (Lipinski definition) is 4. The number of rotatable bonds is 4. The van der Waals surface area contributed by atoms with Crippen molar-refractivity contribution in [2.75, 3.05) is 6.61 Å². The Bertz CT molecular complexity index is 550. The number of benzene rings is 1. The average Bonchev–Trinajstić information content (AvgIpc) is 2.79. The normalized spacial score (nSPS) is 21.6. The van der Waals surface area contributed by atoms with Crippen molar-refractivity contribution in [1.82, 2.24) is 4.90 Å². The highest BCUT2D eigenvalue weighted by Gasteiger charge is 2.48. The number of ether oxygens (including phenoxy) is 2. The third-order valence-electron chi connectivity index (χ3n) is 4.13. The predicted molar refractivity (Wildman–Crippen MR) is 92.7 cm³/mol. The molecule has 1 aromatic rings. The lowest BCUT2D eigenvalue weighted by Gasteiger charge is -2.36. The zero-order chi connectivity index (χ0) is 18.0. The molecule has 0 aliphatic carbocycles. The van der Waals surface area contributed by atoms with Crippen molar-refractivity contribution in [3.63, 3.8) is 0 Å². The topological polar surface area (TPSA) is 59.0 Å². The molecule has 1 aromatic carbocycles. The van der Waals surface area contributed by atoms with Crippen LogP contribution in [-0.2, 0) is 15.9 Å². The second-order valence-corrected chi connectivity index (χ2v) is 7.77. The van der Waals surface area contributed by atoms with Crippen LogP contribution in [0, 0.1) is 0 Å². The van der Waals surface area contributed by atoms with E-state index in [4.69, 9.17) is 9.47 Å². The molecule has 1 N–H and O–H groups in total. The summed E-state index contributed by atoms with van der Waals surface area (Å²) >= 11 is 0. The SMILES string of the molecule is CC(C)(C)OC(=O)N1[C@H]([C@H](O)CCc2ccccc2)COC1(C)C. The smallest absolute Gasteiger partial charge is 0.412 e. The number of carbonyl (C=O) groups is 1. The van der Waals surface area contributed by atoms with Crippen molar-refractivity contribution in [2.24, 2.45) is 0 Å². The third-order valence-corrected chi connectivity index (χ3v) is 4.13. The van der Waals surface area contributed by atoms with E-state index in [0.717, 1.165) is 6.42 Å². The number of amides is 1. The van der Waals surface area contributed by atoms with Gasteiger partial charge in [-0.2, -0.15) is 0 Å². The molecule has 2 rings (SSSR count). The third kappa shape index (κ3) is 4.71. The first-order valence-corrected chi connectivity index (χ1v) is 8.48. The zero-order valence-corrected chi connectivity index (χ0v) is 15.3. The summed E-state index contributed by atoms with van der Waals surface area (Å²) in [6.45, 7) is 9.44. The second-order valence-electron chi connectivity index (χ2n) is 7.77. The number of carbonyl (C=O) groups excluding carboxylic acids is 1. The molecular weight excluding hydrogens is 306 g/mol. The van der Waals surface area contributed by atoms with Gasteiger partial charge in [0, 0.05) is 0 Å². The van der Waals surface area contributed by atoms with Gasteiger partial charge >= 0.3 is 6.09 Å². The fourth-order valence-corrected chi connectivity index (χ4v) is 2.93. The van der Waals surface area contributed by atoms with E-state index in [2.05, 4.69) is 0 Å². The van der Waals surface area contributed by atoms with Gasteiger partial charge in [0.15, 0.2) is 0 Å². The largest absolute Gasteiger partial charge is 0.444 e. The summed E-state index contributed by atoms with van der Waals surface area (Å²) in [5, 5.41) is 10.6. The van der Waals surface area contributed by atoms with Crippen molar-refractivity contribution in [1.29, 1.82) is 0 Å². The van der Waals surface area contributed by atoms with Crippen LogP contribution in [0.1, 0.15) is 46.6 Å². The predicted octanol–water partition coefficient (Wildman–Crippen LogP) is 3.35. The van der Waals surface area contributed by atoms with Gasteiger partial charge in [0.05, 0.1) is 18.8 Å². The highest BCUT2D eigenvalue weighted by molar-refractivity contribution is 5.69. The molecular formula is C19H29NO4. The number of aliphatic hydroxyl groups excluding tert-OH is 1. The van der Waals surface area contributed by atoms with Gasteiger partial charge in [-0.1, -0.05) is 30.3 Å². The van der Waals surface area contributed by atoms with Crippen molar-refractivity contribution in [3.05, 3.63) is 35.9 Å². The Morgan fingerprint density at radius 2 is 2.00 bits per heavy atom. The van der Waals surface area contributed by atoms with Gasteiger partial charge in [-0.3, -0.25) is 4.90 Å². The molecule has 1 saturated heterocycles. The van der Waals surface area contributed by atoms with Crippen LogP contribution in [0.3, 0.4) is 0 Å². The van der Waals surface area contributed by atoms with Crippen LogP contribution in [-0.4, -0.2) is 46.2 Å². The fourth-order valence-electron chi connectivity index (χ4n) is 2.93. The van der Waals surface area contributed by atoms with Gasteiger partial charge in [0.1, 0.15) is 11.3 Å². The zero-order valence-electron chi connectivity index (χ0n) is 15.3. The number of nitrogens with zero attached hydrogens (tertiary/aromatic N) is 1. The monoisotopic (exact) mass is 335 g/mol. The molecule has 1 aliphatic heterocycles. The van der Waals surface area contributed by atoms with Gasteiger partial charge < -0.3 is 14.6 Å². The van der Waals surface area contributed by atoms with E-state index in [-0.39, 0.29) is 0 Å². The Balaban J connectivity index is 2.05. The fraction of sp³-hybridized carbons (Fsp3) is 0.632. The molecule has 5 nitrogen and oxygen atoms in total. The molecule has 1 aliphatic rings.